The normalized spacial score (nSPS) is 24.8. The second kappa shape index (κ2) is 5.18. The molecule has 0 atom stereocenters. The molecule has 0 amide bonds. The summed E-state index contributed by atoms with van der Waals surface area (Å²) in [7, 11) is 0. The van der Waals surface area contributed by atoms with Crippen LogP contribution in [0.15, 0.2) is 22.8 Å². The summed E-state index contributed by atoms with van der Waals surface area (Å²) in [6, 6.07) is 0. The Morgan fingerprint density at radius 1 is 1.25 bits per heavy atom. The third-order valence-electron chi connectivity index (χ3n) is 4.30. The van der Waals surface area contributed by atoms with E-state index in [-0.39, 0.29) is 0 Å². The van der Waals surface area contributed by atoms with E-state index in [0.29, 0.717) is 0 Å². The van der Waals surface area contributed by atoms with Gasteiger partial charge in [0.15, 0.2) is 0 Å². The molecule has 0 N–H and O–H groups in total. The minimum Gasteiger partial charge on any atom is -0.299 e. The Bertz CT molecular complexity index is 303. The van der Waals surface area contributed by atoms with E-state index in [2.05, 4.69) is 31.7 Å². The standard InChI is InChI=1S/C15H25N/c1-12-7-9-16(10-8-12)11-15-6-4-5-13(2)14(15)3/h6,12H,4-5,7-11H2,1-3H3. The Balaban J connectivity index is 1.92. The van der Waals surface area contributed by atoms with Crippen LogP contribution in [0.3, 0.4) is 0 Å². The van der Waals surface area contributed by atoms with Gasteiger partial charge >= 0.3 is 0 Å². The fourth-order valence-corrected chi connectivity index (χ4v) is 2.72. The number of piperidine rings is 1. The molecule has 1 nitrogen and oxygen atoms in total. The van der Waals surface area contributed by atoms with Crippen molar-refractivity contribution < 1.29 is 0 Å². The van der Waals surface area contributed by atoms with Crippen LogP contribution in [-0.2, 0) is 0 Å². The second-order valence-corrected chi connectivity index (χ2v) is 5.63. The molecule has 2 aliphatic rings. The Kier molecular flexibility index (Phi) is 3.86. The summed E-state index contributed by atoms with van der Waals surface area (Å²) >= 11 is 0. The van der Waals surface area contributed by atoms with Crippen molar-refractivity contribution in [2.75, 3.05) is 19.6 Å². The summed E-state index contributed by atoms with van der Waals surface area (Å²) < 4.78 is 0. The third kappa shape index (κ3) is 2.76. The summed E-state index contributed by atoms with van der Waals surface area (Å²) in [5.41, 5.74) is 4.76. The van der Waals surface area contributed by atoms with Crippen LogP contribution in [-0.4, -0.2) is 24.5 Å². The van der Waals surface area contributed by atoms with Gasteiger partial charge in [-0.2, -0.15) is 0 Å². The van der Waals surface area contributed by atoms with Crippen LogP contribution in [0.25, 0.3) is 0 Å². The quantitative estimate of drug-likeness (QED) is 0.683. The first-order valence-electron chi connectivity index (χ1n) is 6.75. The lowest BCUT2D eigenvalue weighted by Crippen LogP contribution is -2.34. The molecule has 1 saturated heterocycles. The molecule has 1 aliphatic carbocycles. The van der Waals surface area contributed by atoms with Crippen molar-refractivity contribution in [2.45, 2.75) is 46.5 Å². The van der Waals surface area contributed by atoms with Gasteiger partial charge in [-0.1, -0.05) is 18.6 Å². The van der Waals surface area contributed by atoms with E-state index >= 15 is 0 Å². The van der Waals surface area contributed by atoms with Gasteiger partial charge in [0.25, 0.3) is 0 Å². The fraction of sp³-hybridized carbons (Fsp3) is 0.733. The molecule has 1 heterocycles. The molecular formula is C15H25N. The lowest BCUT2D eigenvalue weighted by Gasteiger charge is -2.32. The number of nitrogens with zero attached hydrogens (tertiary/aromatic N) is 1. The number of hydrogen-bond donors (Lipinski definition) is 0. The Morgan fingerprint density at radius 2 is 1.94 bits per heavy atom. The number of likely N-dealkylation sites (tertiary alicyclic amines) is 1. The van der Waals surface area contributed by atoms with Gasteiger partial charge in [-0.05, 0) is 69.7 Å². The van der Waals surface area contributed by atoms with Crippen molar-refractivity contribution in [3.05, 3.63) is 22.8 Å². The highest BCUT2D eigenvalue weighted by atomic mass is 15.1. The molecule has 1 aliphatic heterocycles. The molecule has 16 heavy (non-hydrogen) atoms. The summed E-state index contributed by atoms with van der Waals surface area (Å²) in [6.07, 6.45) is 7.75. The van der Waals surface area contributed by atoms with Crippen molar-refractivity contribution in [1.29, 1.82) is 0 Å². The average Bonchev–Trinajstić information content (AvgIpc) is 2.28. The van der Waals surface area contributed by atoms with Crippen LogP contribution in [0.2, 0.25) is 0 Å². The van der Waals surface area contributed by atoms with E-state index in [1.54, 1.807) is 16.7 Å². The van der Waals surface area contributed by atoms with Crippen LogP contribution < -0.4 is 0 Å². The van der Waals surface area contributed by atoms with E-state index in [1.807, 2.05) is 0 Å². The van der Waals surface area contributed by atoms with Crippen LogP contribution in [0.1, 0.15) is 46.5 Å². The first-order chi connectivity index (χ1) is 7.66. The first-order valence-corrected chi connectivity index (χ1v) is 6.75. The zero-order valence-corrected chi connectivity index (χ0v) is 11.1. The van der Waals surface area contributed by atoms with E-state index in [0.717, 1.165) is 5.92 Å². The van der Waals surface area contributed by atoms with Gasteiger partial charge in [-0.15, -0.1) is 0 Å². The zero-order chi connectivity index (χ0) is 11.5. The largest absolute Gasteiger partial charge is 0.299 e. The molecule has 0 aromatic heterocycles. The van der Waals surface area contributed by atoms with Crippen LogP contribution in [0, 0.1) is 5.92 Å². The van der Waals surface area contributed by atoms with Crippen LogP contribution >= 0.6 is 0 Å². The fourth-order valence-electron chi connectivity index (χ4n) is 2.72. The monoisotopic (exact) mass is 219 g/mol. The van der Waals surface area contributed by atoms with Crippen molar-refractivity contribution >= 4 is 0 Å². The summed E-state index contributed by atoms with van der Waals surface area (Å²) in [5.74, 6) is 0.940. The molecule has 0 aromatic rings. The smallest absolute Gasteiger partial charge is 0.0233 e. The van der Waals surface area contributed by atoms with E-state index < -0.39 is 0 Å². The predicted octanol–water partition coefficient (Wildman–Crippen LogP) is 3.77. The van der Waals surface area contributed by atoms with Crippen molar-refractivity contribution in [2.24, 2.45) is 5.92 Å². The number of allylic oxidation sites excluding steroid dienone is 2. The van der Waals surface area contributed by atoms with Gasteiger partial charge in [0.2, 0.25) is 0 Å². The maximum absolute atomic E-state index is 2.63. The topological polar surface area (TPSA) is 3.24 Å². The summed E-state index contributed by atoms with van der Waals surface area (Å²) in [5, 5.41) is 0. The molecular weight excluding hydrogens is 194 g/mol. The lowest BCUT2D eigenvalue weighted by molar-refractivity contribution is 0.206. The molecule has 0 aromatic carbocycles. The van der Waals surface area contributed by atoms with Crippen LogP contribution in [0.5, 0.6) is 0 Å². The molecule has 0 saturated carbocycles. The molecule has 0 bridgehead atoms. The maximum atomic E-state index is 2.63. The summed E-state index contributed by atoms with van der Waals surface area (Å²) in [4.78, 5) is 2.63. The minimum atomic E-state index is 0.940. The SMILES string of the molecule is CC1=C(C)C(CN2CCC(C)CC2)=CCC1. The van der Waals surface area contributed by atoms with Crippen molar-refractivity contribution in [3.8, 4) is 0 Å². The molecule has 1 heteroatoms. The first kappa shape index (κ1) is 11.9. The lowest BCUT2D eigenvalue weighted by atomic mass is 9.91. The number of rotatable bonds is 2. The maximum Gasteiger partial charge on any atom is 0.0233 e. The van der Waals surface area contributed by atoms with Crippen LogP contribution in [0.4, 0.5) is 0 Å². The third-order valence-corrected chi connectivity index (χ3v) is 4.30. The van der Waals surface area contributed by atoms with Gasteiger partial charge < -0.3 is 0 Å². The molecule has 2 rings (SSSR count). The number of hydrogen-bond acceptors (Lipinski definition) is 1. The van der Waals surface area contributed by atoms with Gasteiger partial charge in [0, 0.05) is 6.54 Å². The van der Waals surface area contributed by atoms with E-state index in [4.69, 9.17) is 0 Å². The highest BCUT2D eigenvalue weighted by Crippen LogP contribution is 2.26. The van der Waals surface area contributed by atoms with Crippen molar-refractivity contribution in [1.82, 2.24) is 4.90 Å². The second-order valence-electron chi connectivity index (χ2n) is 5.63. The predicted molar refractivity (Wildman–Crippen MR) is 70.5 cm³/mol. The van der Waals surface area contributed by atoms with Gasteiger partial charge in [0.1, 0.15) is 0 Å². The highest BCUT2D eigenvalue weighted by molar-refractivity contribution is 5.37. The molecule has 90 valence electrons. The van der Waals surface area contributed by atoms with Gasteiger partial charge in [-0.25, -0.2) is 0 Å². The molecule has 1 fully saturated rings. The Hall–Kier alpha value is -0.560. The van der Waals surface area contributed by atoms with E-state index in [1.165, 1.54) is 45.3 Å². The molecule has 0 unspecified atom stereocenters. The molecule has 0 radical (unpaired) electrons. The van der Waals surface area contributed by atoms with Gasteiger partial charge in [0.05, 0.1) is 0 Å². The Labute approximate surface area is 100 Å². The zero-order valence-electron chi connectivity index (χ0n) is 11.1. The minimum absolute atomic E-state index is 0.940. The van der Waals surface area contributed by atoms with Gasteiger partial charge in [-0.3, -0.25) is 4.90 Å². The van der Waals surface area contributed by atoms with E-state index in [9.17, 15) is 0 Å². The average molecular weight is 219 g/mol. The summed E-state index contributed by atoms with van der Waals surface area (Å²) in [6.45, 7) is 10.8. The Morgan fingerprint density at radius 3 is 2.62 bits per heavy atom. The van der Waals surface area contributed by atoms with Crippen molar-refractivity contribution in [3.63, 3.8) is 0 Å². The molecule has 0 spiro atoms. The highest BCUT2D eigenvalue weighted by Gasteiger charge is 2.18.